The molecule has 0 aliphatic heterocycles. The summed E-state index contributed by atoms with van der Waals surface area (Å²) in [5.74, 6) is -7.25. The predicted octanol–water partition coefficient (Wildman–Crippen LogP) is 7.86. The van der Waals surface area contributed by atoms with Crippen LogP contribution in [0.5, 0.6) is 0 Å². The van der Waals surface area contributed by atoms with Crippen molar-refractivity contribution in [2.45, 2.75) is 23.4 Å². The first-order valence-electron chi connectivity index (χ1n) is 10.7. The summed E-state index contributed by atoms with van der Waals surface area (Å²) in [5.41, 5.74) is -2.31. The number of halogens is 9. The Bertz CT molecular complexity index is 1460. The van der Waals surface area contributed by atoms with Crippen molar-refractivity contribution in [3.63, 3.8) is 0 Å². The van der Waals surface area contributed by atoms with Gasteiger partial charge in [0.2, 0.25) is 5.91 Å². The Morgan fingerprint density at radius 1 is 0.947 bits per heavy atom. The first kappa shape index (κ1) is 28.1. The lowest BCUT2D eigenvalue weighted by Gasteiger charge is -2.13. The molecule has 38 heavy (non-hydrogen) atoms. The molecule has 3 aromatic carbocycles. The molecule has 4 nitrogen and oxygen atoms in total. The van der Waals surface area contributed by atoms with Crippen molar-refractivity contribution < 1.29 is 35.9 Å². The molecule has 0 spiro atoms. The number of alkyl halides is 5. The molecule has 2 amide bonds. The van der Waals surface area contributed by atoms with Crippen LogP contribution in [0, 0.1) is 30.3 Å². The standard InChI is InChI=1S/C25H15Cl3F6N2O2/c1-10-6-11(7-15(21(10)31)25(32,33)34)19-20(24(19,27)28)23(38)35-13-3-4-16(26)14(9-13)22(37)36-18-5-2-12(29)8-17(18)30/h2-9,19-20H,1H3,(H,35,38)(H,36,37). The number of anilines is 2. The zero-order chi connectivity index (χ0) is 28.2. The van der Waals surface area contributed by atoms with E-state index >= 15 is 0 Å². The van der Waals surface area contributed by atoms with Gasteiger partial charge < -0.3 is 10.6 Å². The fourth-order valence-electron chi connectivity index (χ4n) is 4.03. The molecule has 0 aromatic heterocycles. The van der Waals surface area contributed by atoms with Gasteiger partial charge in [-0.05, 0) is 54.4 Å². The van der Waals surface area contributed by atoms with Crippen molar-refractivity contribution in [2.24, 2.45) is 5.92 Å². The van der Waals surface area contributed by atoms with Gasteiger partial charge in [0.1, 0.15) is 21.8 Å². The van der Waals surface area contributed by atoms with E-state index in [0.717, 1.165) is 25.1 Å². The third kappa shape index (κ3) is 5.43. The molecule has 1 fully saturated rings. The molecular formula is C25H15Cl3F6N2O2. The van der Waals surface area contributed by atoms with Crippen LogP contribution >= 0.6 is 34.8 Å². The summed E-state index contributed by atoms with van der Waals surface area (Å²) in [6.45, 7) is 1.15. The maximum atomic E-state index is 14.1. The first-order valence-corrected chi connectivity index (χ1v) is 11.9. The molecule has 2 unspecified atom stereocenters. The Morgan fingerprint density at radius 2 is 1.63 bits per heavy atom. The van der Waals surface area contributed by atoms with Gasteiger partial charge in [-0.3, -0.25) is 9.59 Å². The molecule has 13 heteroatoms. The number of nitrogens with one attached hydrogen (secondary N) is 2. The van der Waals surface area contributed by atoms with Crippen molar-refractivity contribution in [3.8, 4) is 0 Å². The van der Waals surface area contributed by atoms with E-state index in [1.807, 2.05) is 0 Å². The Hall–Kier alpha value is -2.95. The molecule has 0 saturated heterocycles. The molecule has 200 valence electrons. The number of carbonyl (C=O) groups is 2. The molecule has 4 rings (SSSR count). The van der Waals surface area contributed by atoms with Crippen molar-refractivity contribution >= 4 is 58.0 Å². The van der Waals surface area contributed by atoms with Crippen LogP contribution in [0.1, 0.15) is 33.0 Å². The molecule has 0 heterocycles. The van der Waals surface area contributed by atoms with Crippen LogP contribution in [0.2, 0.25) is 5.02 Å². The Labute approximate surface area is 226 Å². The topological polar surface area (TPSA) is 58.2 Å². The number of aryl methyl sites for hydroxylation is 1. The van der Waals surface area contributed by atoms with E-state index < -0.39 is 57.2 Å². The van der Waals surface area contributed by atoms with Crippen LogP contribution in [0.3, 0.4) is 0 Å². The summed E-state index contributed by atoms with van der Waals surface area (Å²) in [4.78, 5) is 25.6. The second-order valence-electron chi connectivity index (χ2n) is 8.59. The van der Waals surface area contributed by atoms with Crippen LogP contribution in [0.25, 0.3) is 0 Å². The minimum atomic E-state index is -4.98. The monoisotopic (exact) mass is 594 g/mol. The molecule has 3 aromatic rings. The van der Waals surface area contributed by atoms with Gasteiger partial charge in [-0.2, -0.15) is 13.2 Å². The summed E-state index contributed by atoms with van der Waals surface area (Å²) in [6.07, 6.45) is -4.98. The van der Waals surface area contributed by atoms with Crippen LogP contribution in [0.15, 0.2) is 48.5 Å². The lowest BCUT2D eigenvalue weighted by Crippen LogP contribution is -2.18. The molecular weight excluding hydrogens is 581 g/mol. The smallest absolute Gasteiger partial charge is 0.326 e. The van der Waals surface area contributed by atoms with E-state index in [4.69, 9.17) is 34.8 Å². The third-order valence-electron chi connectivity index (χ3n) is 5.94. The van der Waals surface area contributed by atoms with Gasteiger partial charge in [-0.1, -0.05) is 17.7 Å². The summed E-state index contributed by atoms with van der Waals surface area (Å²) in [7, 11) is 0. The lowest BCUT2D eigenvalue weighted by molar-refractivity contribution is -0.140. The summed E-state index contributed by atoms with van der Waals surface area (Å²) < 4.78 is 79.1. The van der Waals surface area contributed by atoms with E-state index in [2.05, 4.69) is 10.6 Å². The zero-order valence-electron chi connectivity index (χ0n) is 19.0. The Balaban J connectivity index is 1.55. The Morgan fingerprint density at radius 3 is 2.26 bits per heavy atom. The predicted molar refractivity (Wildman–Crippen MR) is 131 cm³/mol. The average molecular weight is 596 g/mol. The van der Waals surface area contributed by atoms with Crippen LogP contribution in [-0.2, 0) is 11.0 Å². The highest BCUT2D eigenvalue weighted by Gasteiger charge is 2.68. The Kier molecular flexibility index (Phi) is 7.37. The van der Waals surface area contributed by atoms with E-state index in [9.17, 15) is 35.9 Å². The first-order chi connectivity index (χ1) is 17.6. The van der Waals surface area contributed by atoms with Crippen molar-refractivity contribution in [1.29, 1.82) is 0 Å². The number of benzene rings is 3. The molecule has 2 N–H and O–H groups in total. The quantitative estimate of drug-likeness (QED) is 0.233. The van der Waals surface area contributed by atoms with Crippen LogP contribution in [0.4, 0.5) is 37.7 Å². The molecule has 1 aliphatic carbocycles. The molecule has 0 bridgehead atoms. The largest absolute Gasteiger partial charge is 0.419 e. The highest BCUT2D eigenvalue weighted by molar-refractivity contribution is 6.53. The van der Waals surface area contributed by atoms with Crippen molar-refractivity contribution in [2.75, 3.05) is 10.6 Å². The molecule has 0 radical (unpaired) electrons. The fraction of sp³-hybridized carbons (Fsp3) is 0.200. The second-order valence-corrected chi connectivity index (χ2v) is 10.4. The maximum absolute atomic E-state index is 14.1. The van der Waals surface area contributed by atoms with E-state index in [1.54, 1.807) is 0 Å². The summed E-state index contributed by atoms with van der Waals surface area (Å²) >= 11 is 18.5. The highest BCUT2D eigenvalue weighted by Crippen LogP contribution is 2.65. The second kappa shape index (κ2) is 9.98. The molecule has 1 aliphatic rings. The summed E-state index contributed by atoms with van der Waals surface area (Å²) in [5, 5.41) is 4.65. The third-order valence-corrected chi connectivity index (χ3v) is 7.21. The average Bonchev–Trinajstić information content (AvgIpc) is 3.39. The van der Waals surface area contributed by atoms with E-state index in [-0.39, 0.29) is 33.1 Å². The van der Waals surface area contributed by atoms with E-state index in [0.29, 0.717) is 12.1 Å². The zero-order valence-corrected chi connectivity index (χ0v) is 21.3. The maximum Gasteiger partial charge on any atom is 0.419 e. The van der Waals surface area contributed by atoms with Crippen molar-refractivity contribution in [1.82, 2.24) is 0 Å². The summed E-state index contributed by atoms with van der Waals surface area (Å²) in [6, 6.07) is 8.00. The van der Waals surface area contributed by atoms with Gasteiger partial charge in [-0.25, -0.2) is 13.2 Å². The van der Waals surface area contributed by atoms with Gasteiger partial charge in [0.25, 0.3) is 5.91 Å². The number of hydrogen-bond acceptors (Lipinski definition) is 2. The number of amides is 2. The van der Waals surface area contributed by atoms with Crippen LogP contribution in [-0.4, -0.2) is 16.1 Å². The SMILES string of the molecule is Cc1cc(C2C(C(=O)Nc3ccc(Cl)c(C(=O)Nc4ccc(F)cc4F)c3)C2(Cl)Cl)cc(C(F)(F)F)c1F. The van der Waals surface area contributed by atoms with Gasteiger partial charge in [0.15, 0.2) is 0 Å². The van der Waals surface area contributed by atoms with Gasteiger partial charge in [0.05, 0.1) is 27.8 Å². The van der Waals surface area contributed by atoms with Gasteiger partial charge in [-0.15, -0.1) is 23.2 Å². The van der Waals surface area contributed by atoms with Crippen molar-refractivity contribution in [3.05, 3.63) is 93.3 Å². The lowest BCUT2D eigenvalue weighted by atomic mass is 10.0. The van der Waals surface area contributed by atoms with Gasteiger partial charge >= 0.3 is 6.18 Å². The number of hydrogen-bond donors (Lipinski definition) is 2. The molecule has 2 atom stereocenters. The van der Waals surface area contributed by atoms with E-state index in [1.165, 1.54) is 18.2 Å². The molecule has 1 saturated carbocycles. The fourth-order valence-corrected chi connectivity index (χ4v) is 5.06. The highest BCUT2D eigenvalue weighted by atomic mass is 35.5. The van der Waals surface area contributed by atoms with Crippen LogP contribution < -0.4 is 10.6 Å². The minimum absolute atomic E-state index is 0.0465. The normalized spacial score (nSPS) is 18.2. The van der Waals surface area contributed by atoms with Gasteiger partial charge in [0, 0.05) is 17.7 Å². The number of carbonyl (C=O) groups excluding carboxylic acids is 2. The minimum Gasteiger partial charge on any atom is -0.326 e. The number of rotatable bonds is 5.